The molecule has 5 heteroatoms. The predicted molar refractivity (Wildman–Crippen MR) is 79.9 cm³/mol. The summed E-state index contributed by atoms with van der Waals surface area (Å²) in [5.74, 6) is 1.06. The third-order valence-corrected chi connectivity index (χ3v) is 3.41. The number of aryl methyl sites for hydroxylation is 2. The number of fused-ring (bicyclic) bond motifs is 1. The Morgan fingerprint density at radius 3 is 2.95 bits per heavy atom. The molecule has 108 valence electrons. The molecule has 0 N–H and O–H groups in total. The highest BCUT2D eigenvalue weighted by molar-refractivity contribution is 6.16. The van der Waals surface area contributed by atoms with E-state index < -0.39 is 0 Å². The molecule has 0 unspecified atom stereocenters. The number of carbonyl (C=O) groups is 1. The number of imidazole rings is 1. The Bertz CT molecular complexity index is 607. The number of alkyl halides is 1. The quantitative estimate of drug-likeness (QED) is 0.605. The van der Waals surface area contributed by atoms with Gasteiger partial charge in [-0.05, 0) is 38.0 Å². The first-order valence-electron chi connectivity index (χ1n) is 6.83. The number of hydrogen-bond acceptors (Lipinski definition) is 3. The average Bonchev–Trinajstić information content (AvgIpc) is 2.76. The zero-order valence-corrected chi connectivity index (χ0v) is 12.6. The van der Waals surface area contributed by atoms with Crippen LogP contribution in [-0.2, 0) is 22.0 Å². The van der Waals surface area contributed by atoms with Crippen LogP contribution in [-0.4, -0.2) is 22.1 Å². The maximum Gasteiger partial charge on any atom is 0.305 e. The fraction of sp³-hybridized carbons (Fsp3) is 0.467. The topological polar surface area (TPSA) is 44.1 Å². The van der Waals surface area contributed by atoms with E-state index in [9.17, 15) is 4.79 Å². The Kier molecular flexibility index (Phi) is 5.01. The van der Waals surface area contributed by atoms with Gasteiger partial charge in [0.25, 0.3) is 0 Å². The molecule has 1 aromatic carbocycles. The largest absolute Gasteiger partial charge is 0.466 e. The van der Waals surface area contributed by atoms with Gasteiger partial charge < -0.3 is 9.30 Å². The molecule has 0 atom stereocenters. The van der Waals surface area contributed by atoms with Crippen molar-refractivity contribution < 1.29 is 9.53 Å². The lowest BCUT2D eigenvalue weighted by atomic mass is 10.2. The average molecular weight is 295 g/mol. The maximum absolute atomic E-state index is 11.4. The predicted octanol–water partition coefficient (Wildman–Crippen LogP) is 3.43. The van der Waals surface area contributed by atoms with Crippen molar-refractivity contribution in [3.63, 3.8) is 0 Å². The van der Waals surface area contributed by atoms with Crippen LogP contribution in [0.25, 0.3) is 11.0 Å². The summed E-state index contributed by atoms with van der Waals surface area (Å²) in [6, 6.07) is 6.16. The lowest BCUT2D eigenvalue weighted by Crippen LogP contribution is -2.08. The van der Waals surface area contributed by atoms with Crippen molar-refractivity contribution in [2.24, 2.45) is 0 Å². The minimum absolute atomic E-state index is 0.153. The summed E-state index contributed by atoms with van der Waals surface area (Å²) in [5, 5.41) is 0. The van der Waals surface area contributed by atoms with E-state index >= 15 is 0 Å². The van der Waals surface area contributed by atoms with E-state index in [1.165, 1.54) is 5.56 Å². The van der Waals surface area contributed by atoms with Gasteiger partial charge in [-0.25, -0.2) is 4.98 Å². The second kappa shape index (κ2) is 6.75. The molecule has 2 aromatic rings. The number of halogens is 1. The van der Waals surface area contributed by atoms with Crippen molar-refractivity contribution in [1.82, 2.24) is 9.55 Å². The monoisotopic (exact) mass is 294 g/mol. The molecule has 1 aromatic heterocycles. The second-order valence-corrected chi connectivity index (χ2v) is 4.98. The van der Waals surface area contributed by atoms with E-state index in [0.717, 1.165) is 29.8 Å². The van der Waals surface area contributed by atoms with E-state index in [1.807, 2.05) is 19.9 Å². The number of aromatic nitrogens is 2. The third kappa shape index (κ3) is 3.31. The van der Waals surface area contributed by atoms with Crippen LogP contribution in [0.5, 0.6) is 0 Å². The lowest BCUT2D eigenvalue weighted by molar-refractivity contribution is -0.143. The maximum atomic E-state index is 11.4. The first-order valence-corrected chi connectivity index (χ1v) is 7.36. The Morgan fingerprint density at radius 2 is 2.25 bits per heavy atom. The fourth-order valence-electron chi connectivity index (χ4n) is 2.26. The van der Waals surface area contributed by atoms with Gasteiger partial charge in [0, 0.05) is 13.0 Å². The molecule has 1 heterocycles. The zero-order valence-electron chi connectivity index (χ0n) is 11.9. The number of benzene rings is 1. The summed E-state index contributed by atoms with van der Waals surface area (Å²) in [6.45, 7) is 5.01. The van der Waals surface area contributed by atoms with Crippen LogP contribution in [0.2, 0.25) is 0 Å². The molecule has 0 amide bonds. The molecule has 20 heavy (non-hydrogen) atoms. The number of rotatable bonds is 6. The van der Waals surface area contributed by atoms with Crippen LogP contribution in [0.15, 0.2) is 18.2 Å². The summed E-state index contributed by atoms with van der Waals surface area (Å²) in [6.07, 6.45) is 1.14. The summed E-state index contributed by atoms with van der Waals surface area (Å²) in [7, 11) is 0. The van der Waals surface area contributed by atoms with Crippen LogP contribution in [0, 0.1) is 6.92 Å². The van der Waals surface area contributed by atoms with Crippen molar-refractivity contribution >= 4 is 28.6 Å². The number of esters is 1. The van der Waals surface area contributed by atoms with Gasteiger partial charge >= 0.3 is 5.97 Å². The molecular formula is C15H19ClN2O2. The number of hydrogen-bond donors (Lipinski definition) is 0. The molecule has 0 fully saturated rings. The van der Waals surface area contributed by atoms with Crippen LogP contribution in [0.4, 0.5) is 0 Å². The van der Waals surface area contributed by atoms with E-state index in [4.69, 9.17) is 16.3 Å². The van der Waals surface area contributed by atoms with Crippen LogP contribution in [0.1, 0.15) is 31.2 Å². The molecular weight excluding hydrogens is 276 g/mol. The molecule has 0 radical (unpaired) electrons. The van der Waals surface area contributed by atoms with Crippen molar-refractivity contribution in [1.29, 1.82) is 0 Å². The van der Waals surface area contributed by atoms with Crippen LogP contribution in [0.3, 0.4) is 0 Å². The number of carbonyl (C=O) groups excluding carboxylic acids is 1. The summed E-state index contributed by atoms with van der Waals surface area (Å²) in [5.41, 5.74) is 3.20. The van der Waals surface area contributed by atoms with Crippen LogP contribution < -0.4 is 0 Å². The highest BCUT2D eigenvalue weighted by Gasteiger charge is 2.10. The molecule has 0 spiro atoms. The Hall–Kier alpha value is -1.55. The van der Waals surface area contributed by atoms with Crippen molar-refractivity contribution in [2.45, 2.75) is 39.1 Å². The smallest absolute Gasteiger partial charge is 0.305 e. The van der Waals surface area contributed by atoms with Gasteiger partial charge in [-0.3, -0.25) is 4.79 Å². The summed E-state index contributed by atoms with van der Waals surface area (Å²) in [4.78, 5) is 15.9. The summed E-state index contributed by atoms with van der Waals surface area (Å²) >= 11 is 5.96. The number of ether oxygens (including phenoxy) is 1. The molecule has 0 aliphatic rings. The molecule has 4 nitrogen and oxygen atoms in total. The van der Waals surface area contributed by atoms with Gasteiger partial charge in [-0.1, -0.05) is 6.07 Å². The number of nitrogens with zero attached hydrogens (tertiary/aromatic N) is 2. The standard InChI is InChI=1S/C15H19ClN2O2/c1-3-20-15(19)5-4-8-18-13-7-6-11(2)9-12(13)17-14(18)10-16/h6-7,9H,3-5,8,10H2,1-2H3. The molecule has 0 aliphatic carbocycles. The first kappa shape index (κ1) is 14.9. The second-order valence-electron chi connectivity index (χ2n) is 4.71. The fourth-order valence-corrected chi connectivity index (χ4v) is 2.46. The van der Waals surface area contributed by atoms with E-state index in [0.29, 0.717) is 18.9 Å². The van der Waals surface area contributed by atoms with Gasteiger partial charge in [-0.15, -0.1) is 11.6 Å². The minimum Gasteiger partial charge on any atom is -0.466 e. The van der Waals surface area contributed by atoms with Crippen molar-refractivity contribution in [2.75, 3.05) is 6.61 Å². The van der Waals surface area contributed by atoms with Gasteiger partial charge in [0.15, 0.2) is 0 Å². The van der Waals surface area contributed by atoms with E-state index in [-0.39, 0.29) is 5.97 Å². The highest BCUT2D eigenvalue weighted by Crippen LogP contribution is 2.19. The SMILES string of the molecule is CCOC(=O)CCCn1c(CCl)nc2cc(C)ccc21. The van der Waals surface area contributed by atoms with Gasteiger partial charge in [-0.2, -0.15) is 0 Å². The highest BCUT2D eigenvalue weighted by atomic mass is 35.5. The van der Waals surface area contributed by atoms with Gasteiger partial charge in [0.05, 0.1) is 23.5 Å². The van der Waals surface area contributed by atoms with Crippen LogP contribution >= 0.6 is 11.6 Å². The molecule has 0 saturated heterocycles. The molecule has 0 saturated carbocycles. The third-order valence-electron chi connectivity index (χ3n) is 3.17. The van der Waals surface area contributed by atoms with Crippen molar-refractivity contribution in [3.8, 4) is 0 Å². The zero-order chi connectivity index (χ0) is 14.5. The van der Waals surface area contributed by atoms with Crippen molar-refractivity contribution in [3.05, 3.63) is 29.6 Å². The van der Waals surface area contributed by atoms with Gasteiger partial charge in [0.2, 0.25) is 0 Å². The Balaban J connectivity index is 2.14. The molecule has 0 aliphatic heterocycles. The molecule has 0 bridgehead atoms. The molecule has 2 rings (SSSR count). The lowest BCUT2D eigenvalue weighted by Gasteiger charge is -2.07. The summed E-state index contributed by atoms with van der Waals surface area (Å²) < 4.78 is 7.02. The van der Waals surface area contributed by atoms with E-state index in [2.05, 4.69) is 21.7 Å². The normalized spacial score (nSPS) is 10.9. The van der Waals surface area contributed by atoms with E-state index in [1.54, 1.807) is 0 Å². The Morgan fingerprint density at radius 1 is 1.45 bits per heavy atom. The Labute approximate surface area is 123 Å². The first-order chi connectivity index (χ1) is 9.65. The minimum atomic E-state index is -0.153. The van der Waals surface area contributed by atoms with Gasteiger partial charge in [0.1, 0.15) is 5.82 Å².